The molecule has 0 unspecified atom stereocenters. The molecule has 0 aromatic heterocycles. The van der Waals surface area contributed by atoms with Gasteiger partial charge in [0.1, 0.15) is 0 Å². The van der Waals surface area contributed by atoms with Gasteiger partial charge in [0, 0.05) is 18.8 Å². The molecule has 20 heavy (non-hydrogen) atoms. The van der Waals surface area contributed by atoms with Crippen molar-refractivity contribution in [3.8, 4) is 0 Å². The molecular formula is C17H25NO2. The monoisotopic (exact) mass is 275 g/mol. The van der Waals surface area contributed by atoms with Crippen LogP contribution in [0, 0.1) is 0 Å². The number of para-hydroxylation sites is 1. The van der Waals surface area contributed by atoms with Crippen LogP contribution in [0.1, 0.15) is 51.5 Å². The van der Waals surface area contributed by atoms with Crippen LogP contribution in [0.5, 0.6) is 0 Å². The van der Waals surface area contributed by atoms with Crippen LogP contribution < -0.4 is 4.90 Å². The summed E-state index contributed by atoms with van der Waals surface area (Å²) in [6, 6.07) is 8.46. The van der Waals surface area contributed by atoms with E-state index in [1.165, 1.54) is 32.1 Å². The lowest BCUT2D eigenvalue weighted by atomic mass is 9.82. The highest BCUT2D eigenvalue weighted by Crippen LogP contribution is 2.35. The Hall–Kier alpha value is -1.51. The second-order valence-electron chi connectivity index (χ2n) is 6.35. The van der Waals surface area contributed by atoms with Crippen molar-refractivity contribution in [2.45, 2.75) is 57.4 Å². The lowest BCUT2D eigenvalue weighted by Crippen LogP contribution is -2.37. The molecule has 2 rings (SSSR count). The lowest BCUT2D eigenvalue weighted by molar-refractivity contribution is -0.142. The summed E-state index contributed by atoms with van der Waals surface area (Å²) >= 11 is 0. The van der Waals surface area contributed by atoms with Crippen LogP contribution in [-0.2, 0) is 10.2 Å². The standard InChI is InChI=1S/C17H25NO2/c1-17(2,16(19)20)14-11-7-8-12-15(14)18(3)13-9-5-4-6-10-13/h7-8,11-13H,4-6,9-10H2,1-3H3,(H,19,20). The van der Waals surface area contributed by atoms with E-state index in [0.717, 1.165) is 11.3 Å². The fourth-order valence-corrected chi connectivity index (χ4v) is 3.09. The number of carboxylic acid groups (broad SMARTS) is 1. The summed E-state index contributed by atoms with van der Waals surface area (Å²) in [6.07, 6.45) is 6.29. The van der Waals surface area contributed by atoms with E-state index < -0.39 is 11.4 Å². The van der Waals surface area contributed by atoms with Crippen molar-refractivity contribution in [2.24, 2.45) is 0 Å². The highest BCUT2D eigenvalue weighted by Gasteiger charge is 2.33. The van der Waals surface area contributed by atoms with Gasteiger partial charge in [-0.25, -0.2) is 0 Å². The molecule has 1 aromatic carbocycles. The fraction of sp³-hybridized carbons (Fsp3) is 0.588. The van der Waals surface area contributed by atoms with Gasteiger partial charge in [-0.1, -0.05) is 37.5 Å². The summed E-state index contributed by atoms with van der Waals surface area (Å²) < 4.78 is 0. The SMILES string of the molecule is CN(c1ccccc1C(C)(C)C(=O)O)C1CCCCC1. The third-order valence-electron chi connectivity index (χ3n) is 4.61. The maximum absolute atomic E-state index is 11.6. The van der Waals surface area contributed by atoms with Crippen LogP contribution in [0.2, 0.25) is 0 Å². The summed E-state index contributed by atoms with van der Waals surface area (Å²) in [5, 5.41) is 9.49. The van der Waals surface area contributed by atoms with E-state index >= 15 is 0 Å². The molecule has 1 aliphatic rings. The first kappa shape index (κ1) is 14.9. The highest BCUT2D eigenvalue weighted by atomic mass is 16.4. The minimum atomic E-state index is -0.862. The Morgan fingerprint density at radius 3 is 2.40 bits per heavy atom. The quantitative estimate of drug-likeness (QED) is 0.908. The Labute approximate surface area is 121 Å². The van der Waals surface area contributed by atoms with Gasteiger partial charge in [0.25, 0.3) is 0 Å². The minimum absolute atomic E-state index is 0.537. The normalized spacial score (nSPS) is 16.9. The second kappa shape index (κ2) is 5.86. The molecule has 1 fully saturated rings. The zero-order valence-electron chi connectivity index (χ0n) is 12.7. The lowest BCUT2D eigenvalue weighted by Gasteiger charge is -2.36. The molecule has 3 nitrogen and oxygen atoms in total. The number of hydrogen-bond donors (Lipinski definition) is 1. The average molecular weight is 275 g/mol. The van der Waals surface area contributed by atoms with E-state index in [9.17, 15) is 9.90 Å². The van der Waals surface area contributed by atoms with Crippen LogP contribution in [0.3, 0.4) is 0 Å². The molecule has 0 aliphatic heterocycles. The molecular weight excluding hydrogens is 250 g/mol. The molecule has 0 bridgehead atoms. The summed E-state index contributed by atoms with van der Waals surface area (Å²) in [4.78, 5) is 13.8. The van der Waals surface area contributed by atoms with Crippen molar-refractivity contribution in [3.05, 3.63) is 29.8 Å². The van der Waals surface area contributed by atoms with E-state index in [0.29, 0.717) is 6.04 Å². The Bertz CT molecular complexity index is 476. The minimum Gasteiger partial charge on any atom is -0.481 e. The number of carbonyl (C=O) groups is 1. The van der Waals surface area contributed by atoms with Gasteiger partial charge in [-0.3, -0.25) is 4.79 Å². The van der Waals surface area contributed by atoms with Crippen molar-refractivity contribution >= 4 is 11.7 Å². The van der Waals surface area contributed by atoms with Crippen molar-refractivity contribution in [1.29, 1.82) is 0 Å². The van der Waals surface area contributed by atoms with Gasteiger partial charge in [-0.2, -0.15) is 0 Å². The molecule has 0 heterocycles. The molecule has 1 aromatic rings. The van der Waals surface area contributed by atoms with Gasteiger partial charge in [0.05, 0.1) is 5.41 Å². The number of rotatable bonds is 4. The van der Waals surface area contributed by atoms with Crippen LogP contribution in [0.15, 0.2) is 24.3 Å². The van der Waals surface area contributed by atoms with Crippen LogP contribution in [0.4, 0.5) is 5.69 Å². The van der Waals surface area contributed by atoms with Crippen molar-refractivity contribution in [2.75, 3.05) is 11.9 Å². The summed E-state index contributed by atoms with van der Waals surface area (Å²) in [5.41, 5.74) is 1.10. The number of nitrogens with zero attached hydrogens (tertiary/aromatic N) is 1. The first-order valence-electron chi connectivity index (χ1n) is 7.50. The van der Waals surface area contributed by atoms with E-state index in [2.05, 4.69) is 18.0 Å². The van der Waals surface area contributed by atoms with E-state index in [4.69, 9.17) is 0 Å². The number of anilines is 1. The maximum Gasteiger partial charge on any atom is 0.313 e. The fourth-order valence-electron chi connectivity index (χ4n) is 3.09. The third-order valence-corrected chi connectivity index (χ3v) is 4.61. The first-order valence-corrected chi connectivity index (χ1v) is 7.50. The number of carboxylic acids is 1. The van der Waals surface area contributed by atoms with E-state index in [1.807, 2.05) is 18.2 Å². The van der Waals surface area contributed by atoms with Gasteiger partial charge < -0.3 is 10.0 Å². The van der Waals surface area contributed by atoms with Gasteiger partial charge >= 0.3 is 5.97 Å². The molecule has 3 heteroatoms. The number of aliphatic carboxylic acids is 1. The van der Waals surface area contributed by atoms with Crippen LogP contribution in [0.25, 0.3) is 0 Å². The zero-order chi connectivity index (χ0) is 14.8. The van der Waals surface area contributed by atoms with Crippen molar-refractivity contribution in [3.63, 3.8) is 0 Å². The summed E-state index contributed by atoms with van der Waals surface area (Å²) in [7, 11) is 2.10. The van der Waals surface area contributed by atoms with E-state index in [1.54, 1.807) is 13.8 Å². The molecule has 1 saturated carbocycles. The smallest absolute Gasteiger partial charge is 0.313 e. The zero-order valence-corrected chi connectivity index (χ0v) is 12.7. The molecule has 0 saturated heterocycles. The summed E-state index contributed by atoms with van der Waals surface area (Å²) in [6.45, 7) is 3.56. The van der Waals surface area contributed by atoms with E-state index in [-0.39, 0.29) is 0 Å². The van der Waals surface area contributed by atoms with Crippen molar-refractivity contribution < 1.29 is 9.90 Å². The molecule has 110 valence electrons. The topological polar surface area (TPSA) is 40.5 Å². The Morgan fingerprint density at radius 1 is 1.20 bits per heavy atom. The molecule has 1 aliphatic carbocycles. The van der Waals surface area contributed by atoms with Crippen LogP contribution in [-0.4, -0.2) is 24.2 Å². The molecule has 1 N–H and O–H groups in total. The molecule has 0 atom stereocenters. The Morgan fingerprint density at radius 2 is 1.80 bits per heavy atom. The summed E-state index contributed by atoms with van der Waals surface area (Å²) in [5.74, 6) is -0.776. The van der Waals surface area contributed by atoms with Crippen molar-refractivity contribution in [1.82, 2.24) is 0 Å². The Balaban J connectivity index is 2.34. The number of benzene rings is 1. The van der Waals surface area contributed by atoms with Gasteiger partial charge in [0.15, 0.2) is 0 Å². The first-order chi connectivity index (χ1) is 9.44. The molecule has 0 spiro atoms. The second-order valence-corrected chi connectivity index (χ2v) is 6.35. The van der Waals surface area contributed by atoms with Gasteiger partial charge in [-0.15, -0.1) is 0 Å². The molecule has 0 amide bonds. The average Bonchev–Trinajstić information content (AvgIpc) is 2.47. The number of hydrogen-bond acceptors (Lipinski definition) is 2. The van der Waals surface area contributed by atoms with Gasteiger partial charge in [0.2, 0.25) is 0 Å². The largest absolute Gasteiger partial charge is 0.481 e. The third kappa shape index (κ3) is 2.82. The predicted octanol–water partition coefficient (Wildman–Crippen LogP) is 3.82. The van der Waals surface area contributed by atoms with Gasteiger partial charge in [-0.05, 0) is 38.3 Å². The van der Waals surface area contributed by atoms with Crippen LogP contribution >= 0.6 is 0 Å². The maximum atomic E-state index is 11.6. The Kier molecular flexibility index (Phi) is 4.36. The highest BCUT2D eigenvalue weighted by molar-refractivity contribution is 5.83. The predicted molar refractivity (Wildman–Crippen MR) is 82.4 cm³/mol. The molecule has 0 radical (unpaired) electrons.